The fraction of sp³-hybridized carbons (Fsp3) is 0.632. The van der Waals surface area contributed by atoms with Crippen molar-refractivity contribution >= 4 is 0 Å². The summed E-state index contributed by atoms with van der Waals surface area (Å²) >= 11 is 0. The van der Waals surface area contributed by atoms with E-state index in [0.717, 1.165) is 32.4 Å². The number of aryl methyl sites for hydroxylation is 1. The van der Waals surface area contributed by atoms with Gasteiger partial charge in [-0.15, -0.1) is 0 Å². The Balaban J connectivity index is 2.12. The first-order valence-corrected chi connectivity index (χ1v) is 8.36. The maximum atomic E-state index is 9.96. The zero-order valence-corrected chi connectivity index (χ0v) is 13.5. The molecular formula is C19H28N2. The molecule has 0 aromatic heterocycles. The molecule has 1 unspecified atom stereocenters. The van der Waals surface area contributed by atoms with Crippen molar-refractivity contribution in [1.29, 1.82) is 5.26 Å². The predicted molar refractivity (Wildman–Crippen MR) is 88.0 cm³/mol. The van der Waals surface area contributed by atoms with Crippen LogP contribution in [0, 0.1) is 17.2 Å². The molecule has 0 bridgehead atoms. The fourth-order valence-electron chi connectivity index (χ4n) is 3.55. The molecule has 1 saturated heterocycles. The second-order valence-corrected chi connectivity index (χ2v) is 6.77. The molecule has 1 atom stereocenters. The van der Waals surface area contributed by atoms with Gasteiger partial charge < -0.3 is 0 Å². The number of nitriles is 1. The Hall–Kier alpha value is -1.33. The van der Waals surface area contributed by atoms with Crippen molar-refractivity contribution in [2.24, 2.45) is 5.92 Å². The quantitative estimate of drug-likeness (QED) is 0.773. The van der Waals surface area contributed by atoms with Crippen LogP contribution >= 0.6 is 0 Å². The van der Waals surface area contributed by atoms with E-state index < -0.39 is 0 Å². The van der Waals surface area contributed by atoms with Crippen LogP contribution in [0.15, 0.2) is 30.3 Å². The highest BCUT2D eigenvalue weighted by Gasteiger charge is 2.37. The van der Waals surface area contributed by atoms with Crippen LogP contribution in [0.3, 0.4) is 0 Å². The number of likely N-dealkylation sites (tertiary alicyclic amines) is 1. The smallest absolute Gasteiger partial charge is 0.109 e. The lowest BCUT2D eigenvalue weighted by Gasteiger charge is -2.42. The molecule has 2 rings (SSSR count). The molecule has 21 heavy (non-hydrogen) atoms. The summed E-state index contributed by atoms with van der Waals surface area (Å²) in [4.78, 5) is 2.47. The van der Waals surface area contributed by atoms with E-state index in [1.54, 1.807) is 0 Å². The van der Waals surface area contributed by atoms with Gasteiger partial charge >= 0.3 is 0 Å². The summed E-state index contributed by atoms with van der Waals surface area (Å²) in [7, 11) is 0. The molecule has 1 heterocycles. The second-order valence-electron chi connectivity index (χ2n) is 6.77. The Morgan fingerprint density at radius 3 is 2.38 bits per heavy atom. The molecule has 0 aliphatic carbocycles. The van der Waals surface area contributed by atoms with Gasteiger partial charge in [0.05, 0.1) is 6.07 Å². The van der Waals surface area contributed by atoms with Crippen molar-refractivity contribution < 1.29 is 0 Å². The molecule has 1 aliphatic rings. The molecule has 0 radical (unpaired) electrons. The summed E-state index contributed by atoms with van der Waals surface area (Å²) in [5.74, 6) is 0.558. The molecular weight excluding hydrogens is 256 g/mol. The number of rotatable bonds is 6. The lowest BCUT2D eigenvalue weighted by atomic mass is 9.82. The van der Waals surface area contributed by atoms with Gasteiger partial charge in [-0.2, -0.15) is 5.26 Å². The van der Waals surface area contributed by atoms with E-state index in [0.29, 0.717) is 5.92 Å². The maximum absolute atomic E-state index is 9.96. The zero-order valence-electron chi connectivity index (χ0n) is 13.5. The number of hydrogen-bond donors (Lipinski definition) is 0. The van der Waals surface area contributed by atoms with Gasteiger partial charge in [-0.05, 0) is 56.7 Å². The Labute approximate surface area is 129 Å². The van der Waals surface area contributed by atoms with Gasteiger partial charge in [0.25, 0.3) is 0 Å². The minimum atomic E-state index is -0.273. The average Bonchev–Trinajstić information content (AvgIpc) is 2.53. The number of hydrogen-bond acceptors (Lipinski definition) is 2. The van der Waals surface area contributed by atoms with Gasteiger partial charge in [-0.25, -0.2) is 0 Å². The summed E-state index contributed by atoms with van der Waals surface area (Å²) in [5, 5.41) is 9.96. The van der Waals surface area contributed by atoms with Crippen LogP contribution in [0.1, 0.15) is 51.5 Å². The third-order valence-corrected chi connectivity index (χ3v) is 4.59. The molecule has 1 fully saturated rings. The van der Waals surface area contributed by atoms with Gasteiger partial charge in [0, 0.05) is 0 Å². The highest BCUT2D eigenvalue weighted by Crippen LogP contribution is 2.31. The molecule has 114 valence electrons. The Bertz CT molecular complexity index is 454. The van der Waals surface area contributed by atoms with Crippen LogP contribution in [0.25, 0.3) is 0 Å². The van der Waals surface area contributed by atoms with Crippen LogP contribution in [0.5, 0.6) is 0 Å². The molecule has 1 aromatic carbocycles. The van der Waals surface area contributed by atoms with Crippen molar-refractivity contribution in [3.05, 3.63) is 35.9 Å². The van der Waals surface area contributed by atoms with E-state index in [-0.39, 0.29) is 5.54 Å². The fourth-order valence-corrected chi connectivity index (χ4v) is 3.55. The van der Waals surface area contributed by atoms with Gasteiger partial charge in [-0.3, -0.25) is 4.90 Å². The first-order chi connectivity index (χ1) is 10.2. The molecule has 2 nitrogen and oxygen atoms in total. The largest absolute Gasteiger partial charge is 0.286 e. The normalized spacial score (nSPS) is 19.1. The van der Waals surface area contributed by atoms with Crippen molar-refractivity contribution in [3.63, 3.8) is 0 Å². The minimum absolute atomic E-state index is 0.273. The molecule has 0 N–H and O–H groups in total. The first-order valence-electron chi connectivity index (χ1n) is 8.36. The number of nitrogens with zero attached hydrogens (tertiary/aromatic N) is 2. The second kappa shape index (κ2) is 7.61. The summed E-state index contributed by atoms with van der Waals surface area (Å²) in [5.41, 5.74) is 1.07. The van der Waals surface area contributed by atoms with E-state index in [2.05, 4.69) is 55.1 Å². The van der Waals surface area contributed by atoms with Crippen LogP contribution < -0.4 is 0 Å². The molecule has 1 aromatic rings. The van der Waals surface area contributed by atoms with E-state index >= 15 is 0 Å². The van der Waals surface area contributed by atoms with Crippen molar-refractivity contribution in [2.45, 2.75) is 57.9 Å². The summed E-state index contributed by atoms with van der Waals surface area (Å²) in [6.45, 7) is 6.65. The van der Waals surface area contributed by atoms with Gasteiger partial charge in [0.1, 0.15) is 5.54 Å². The molecule has 1 aliphatic heterocycles. The lowest BCUT2D eigenvalue weighted by Crippen LogP contribution is -2.51. The van der Waals surface area contributed by atoms with Crippen LogP contribution in [-0.4, -0.2) is 23.5 Å². The Kier molecular flexibility index (Phi) is 5.82. The predicted octanol–water partition coefficient (Wildman–Crippen LogP) is 4.41. The lowest BCUT2D eigenvalue weighted by molar-refractivity contribution is 0.0843. The van der Waals surface area contributed by atoms with Crippen LogP contribution in [0.4, 0.5) is 0 Å². The van der Waals surface area contributed by atoms with Gasteiger partial charge in [0.2, 0.25) is 0 Å². The average molecular weight is 284 g/mol. The highest BCUT2D eigenvalue weighted by molar-refractivity contribution is 5.18. The third kappa shape index (κ3) is 4.32. The standard InChI is InChI=1S/C19H28N2/c1-17(2)15-19(16-20,21-13-7-4-8-14-21)12-11-18-9-5-3-6-10-18/h3,5-6,9-10,17H,4,7-8,11-15H2,1-2H3. The Morgan fingerprint density at radius 2 is 1.81 bits per heavy atom. The van der Waals surface area contributed by atoms with E-state index in [9.17, 15) is 5.26 Å². The number of benzene rings is 1. The van der Waals surface area contributed by atoms with Crippen LogP contribution in [-0.2, 0) is 6.42 Å². The highest BCUT2D eigenvalue weighted by atomic mass is 15.2. The van der Waals surface area contributed by atoms with Gasteiger partial charge in [0.15, 0.2) is 0 Å². The summed E-state index contributed by atoms with van der Waals surface area (Å²) < 4.78 is 0. The van der Waals surface area contributed by atoms with E-state index in [4.69, 9.17) is 0 Å². The van der Waals surface area contributed by atoms with Gasteiger partial charge in [-0.1, -0.05) is 50.6 Å². The SMILES string of the molecule is CC(C)CC(C#N)(CCc1ccccc1)N1CCCCC1. The van der Waals surface area contributed by atoms with Crippen molar-refractivity contribution in [3.8, 4) is 6.07 Å². The zero-order chi connectivity index (χ0) is 15.1. The monoisotopic (exact) mass is 284 g/mol. The van der Waals surface area contributed by atoms with E-state index in [1.165, 1.54) is 24.8 Å². The summed E-state index contributed by atoms with van der Waals surface area (Å²) in [6.07, 6.45) is 6.73. The number of piperidine rings is 1. The van der Waals surface area contributed by atoms with Crippen LogP contribution in [0.2, 0.25) is 0 Å². The van der Waals surface area contributed by atoms with E-state index in [1.807, 2.05) is 0 Å². The molecule has 0 spiro atoms. The van der Waals surface area contributed by atoms with Crippen molar-refractivity contribution in [1.82, 2.24) is 4.90 Å². The minimum Gasteiger partial charge on any atom is -0.286 e. The molecule has 0 saturated carbocycles. The third-order valence-electron chi connectivity index (χ3n) is 4.59. The Morgan fingerprint density at radius 1 is 1.14 bits per heavy atom. The van der Waals surface area contributed by atoms with Crippen molar-refractivity contribution in [2.75, 3.05) is 13.1 Å². The first kappa shape index (κ1) is 16.0. The molecule has 0 amide bonds. The summed E-state index contributed by atoms with van der Waals surface area (Å²) in [6, 6.07) is 13.3. The topological polar surface area (TPSA) is 27.0 Å². The molecule has 2 heteroatoms. The maximum Gasteiger partial charge on any atom is 0.109 e.